The summed E-state index contributed by atoms with van der Waals surface area (Å²) >= 11 is 6.64. The van der Waals surface area contributed by atoms with Gasteiger partial charge in [-0.1, -0.05) is 37.3 Å². The first-order valence-corrected chi connectivity index (χ1v) is 8.84. The van der Waals surface area contributed by atoms with Crippen LogP contribution < -0.4 is 14.2 Å². The predicted molar refractivity (Wildman–Crippen MR) is 101 cm³/mol. The molecule has 0 aliphatic carbocycles. The molecule has 0 saturated carbocycles. The van der Waals surface area contributed by atoms with E-state index in [1.54, 1.807) is 38.4 Å². The van der Waals surface area contributed by atoms with Crippen LogP contribution in [-0.4, -0.2) is 43.0 Å². The normalized spacial score (nSPS) is 16.0. The number of ether oxygens (including phenoxy) is 3. The van der Waals surface area contributed by atoms with Crippen molar-refractivity contribution < 1.29 is 19.0 Å². The largest absolute Gasteiger partial charge is 0.493 e. The van der Waals surface area contributed by atoms with Crippen LogP contribution >= 0.6 is 24.0 Å². The number of amides is 1. The van der Waals surface area contributed by atoms with Crippen LogP contribution in [0.1, 0.15) is 25.3 Å². The third-order valence-corrected chi connectivity index (χ3v) is 5.01. The van der Waals surface area contributed by atoms with Crippen molar-refractivity contribution in [2.45, 2.75) is 19.8 Å². The lowest BCUT2D eigenvalue weighted by Crippen LogP contribution is -2.28. The standard InChI is InChI=1S/C17H21NO4S2/c1-5-6-9-18-16(19)13(24-17(18)23)10-11-7-8-12(20-2)15(22-4)14(11)21-3/h7-8,10H,5-6,9H2,1-4H3/b13-10+. The molecule has 5 nitrogen and oxygen atoms in total. The van der Waals surface area contributed by atoms with Crippen molar-refractivity contribution >= 4 is 40.3 Å². The Labute approximate surface area is 151 Å². The number of nitrogens with zero attached hydrogens (tertiary/aromatic N) is 1. The zero-order valence-electron chi connectivity index (χ0n) is 14.3. The molecule has 0 N–H and O–H groups in total. The number of carbonyl (C=O) groups excluding carboxylic acids is 1. The average molecular weight is 367 g/mol. The Balaban J connectivity index is 2.38. The van der Waals surface area contributed by atoms with Gasteiger partial charge in [-0.3, -0.25) is 9.69 Å². The van der Waals surface area contributed by atoms with Crippen molar-refractivity contribution in [2.75, 3.05) is 27.9 Å². The van der Waals surface area contributed by atoms with Crippen LogP contribution in [0, 0.1) is 0 Å². The fourth-order valence-electron chi connectivity index (χ4n) is 2.39. The Morgan fingerprint density at radius 3 is 2.46 bits per heavy atom. The molecule has 0 spiro atoms. The Morgan fingerprint density at radius 2 is 1.88 bits per heavy atom. The zero-order valence-corrected chi connectivity index (χ0v) is 15.9. The minimum atomic E-state index is -0.0599. The second-order valence-corrected chi connectivity index (χ2v) is 6.79. The number of methoxy groups -OCH3 is 3. The molecular weight excluding hydrogens is 346 g/mol. The van der Waals surface area contributed by atoms with E-state index < -0.39 is 0 Å². The summed E-state index contributed by atoms with van der Waals surface area (Å²) in [6.07, 6.45) is 3.73. The van der Waals surface area contributed by atoms with E-state index in [1.165, 1.54) is 11.8 Å². The predicted octanol–water partition coefficient (Wildman–Crippen LogP) is 3.71. The van der Waals surface area contributed by atoms with Gasteiger partial charge in [-0.25, -0.2) is 0 Å². The Hall–Kier alpha value is -1.73. The van der Waals surface area contributed by atoms with Crippen LogP contribution in [0.5, 0.6) is 17.2 Å². The van der Waals surface area contributed by atoms with Crippen LogP contribution in [-0.2, 0) is 4.79 Å². The molecule has 130 valence electrons. The summed E-state index contributed by atoms with van der Waals surface area (Å²) in [5, 5.41) is 0. The van der Waals surface area contributed by atoms with Crippen LogP contribution in [0.4, 0.5) is 0 Å². The summed E-state index contributed by atoms with van der Waals surface area (Å²) in [5.74, 6) is 1.53. The minimum absolute atomic E-state index is 0.0599. The first kappa shape index (κ1) is 18.6. The van der Waals surface area contributed by atoms with E-state index in [0.717, 1.165) is 18.4 Å². The molecule has 2 rings (SSSR count). The van der Waals surface area contributed by atoms with Gasteiger partial charge in [0.2, 0.25) is 5.75 Å². The van der Waals surface area contributed by atoms with Gasteiger partial charge < -0.3 is 14.2 Å². The van der Waals surface area contributed by atoms with Crippen molar-refractivity contribution in [1.82, 2.24) is 4.90 Å². The second kappa shape index (κ2) is 8.39. The highest BCUT2D eigenvalue weighted by atomic mass is 32.2. The minimum Gasteiger partial charge on any atom is -0.493 e. The summed E-state index contributed by atoms with van der Waals surface area (Å²) in [5.41, 5.74) is 0.742. The summed E-state index contributed by atoms with van der Waals surface area (Å²) in [4.78, 5) is 14.8. The SMILES string of the molecule is CCCCN1C(=O)/C(=C\c2ccc(OC)c(OC)c2OC)SC1=S. The van der Waals surface area contributed by atoms with Gasteiger partial charge in [-0.15, -0.1) is 0 Å². The maximum Gasteiger partial charge on any atom is 0.266 e. The first-order valence-electron chi connectivity index (χ1n) is 7.61. The highest BCUT2D eigenvalue weighted by Gasteiger charge is 2.31. The highest BCUT2D eigenvalue weighted by Crippen LogP contribution is 2.42. The molecule has 0 radical (unpaired) electrons. The summed E-state index contributed by atoms with van der Waals surface area (Å²) < 4.78 is 16.7. The van der Waals surface area contributed by atoms with E-state index in [-0.39, 0.29) is 5.91 Å². The third-order valence-electron chi connectivity index (χ3n) is 3.63. The van der Waals surface area contributed by atoms with E-state index in [2.05, 4.69) is 6.92 Å². The molecule has 24 heavy (non-hydrogen) atoms. The van der Waals surface area contributed by atoms with Crippen molar-refractivity contribution in [2.24, 2.45) is 0 Å². The van der Waals surface area contributed by atoms with Gasteiger partial charge in [0.25, 0.3) is 5.91 Å². The van der Waals surface area contributed by atoms with Gasteiger partial charge in [-0.05, 0) is 24.6 Å². The van der Waals surface area contributed by atoms with Gasteiger partial charge in [-0.2, -0.15) is 0 Å². The lowest BCUT2D eigenvalue weighted by Gasteiger charge is -2.14. The molecule has 1 saturated heterocycles. The lowest BCUT2D eigenvalue weighted by molar-refractivity contribution is -0.122. The third kappa shape index (κ3) is 3.67. The number of hydrogen-bond donors (Lipinski definition) is 0. The van der Waals surface area contributed by atoms with Crippen LogP contribution in [0.3, 0.4) is 0 Å². The molecule has 1 heterocycles. The molecule has 0 atom stereocenters. The number of carbonyl (C=O) groups is 1. The van der Waals surface area contributed by atoms with Crippen molar-refractivity contribution in [3.63, 3.8) is 0 Å². The number of benzene rings is 1. The van der Waals surface area contributed by atoms with E-state index in [1.807, 2.05) is 6.07 Å². The highest BCUT2D eigenvalue weighted by molar-refractivity contribution is 8.26. The zero-order chi connectivity index (χ0) is 17.7. The number of thiocarbonyl (C=S) groups is 1. The molecule has 0 aromatic heterocycles. The Kier molecular flexibility index (Phi) is 6.51. The fourth-order valence-corrected chi connectivity index (χ4v) is 3.69. The monoisotopic (exact) mass is 367 g/mol. The van der Waals surface area contributed by atoms with E-state index in [0.29, 0.717) is 33.0 Å². The topological polar surface area (TPSA) is 48.0 Å². The van der Waals surface area contributed by atoms with Crippen molar-refractivity contribution in [1.29, 1.82) is 0 Å². The second-order valence-electron chi connectivity index (χ2n) is 5.11. The van der Waals surface area contributed by atoms with Gasteiger partial charge in [0.15, 0.2) is 11.5 Å². The number of rotatable bonds is 7. The quantitative estimate of drug-likeness (QED) is 0.541. The average Bonchev–Trinajstić information content (AvgIpc) is 2.85. The fraction of sp³-hybridized carbons (Fsp3) is 0.412. The van der Waals surface area contributed by atoms with Crippen molar-refractivity contribution in [3.05, 3.63) is 22.6 Å². The van der Waals surface area contributed by atoms with Gasteiger partial charge in [0.1, 0.15) is 4.32 Å². The van der Waals surface area contributed by atoms with Crippen LogP contribution in [0.15, 0.2) is 17.0 Å². The summed E-state index contributed by atoms with van der Waals surface area (Å²) in [7, 11) is 4.67. The lowest BCUT2D eigenvalue weighted by atomic mass is 10.1. The van der Waals surface area contributed by atoms with E-state index in [4.69, 9.17) is 26.4 Å². The number of unbranched alkanes of at least 4 members (excludes halogenated alkanes) is 1. The van der Waals surface area contributed by atoms with Crippen LogP contribution in [0.2, 0.25) is 0 Å². The van der Waals surface area contributed by atoms with E-state index in [9.17, 15) is 4.79 Å². The molecule has 1 amide bonds. The molecule has 0 bridgehead atoms. The van der Waals surface area contributed by atoms with Gasteiger partial charge in [0, 0.05) is 12.1 Å². The first-order chi connectivity index (χ1) is 11.6. The van der Waals surface area contributed by atoms with Crippen molar-refractivity contribution in [3.8, 4) is 17.2 Å². The van der Waals surface area contributed by atoms with Crippen LogP contribution in [0.25, 0.3) is 6.08 Å². The Morgan fingerprint density at radius 1 is 1.17 bits per heavy atom. The molecule has 1 aromatic rings. The number of hydrogen-bond acceptors (Lipinski definition) is 6. The maximum absolute atomic E-state index is 12.6. The molecule has 1 aromatic carbocycles. The maximum atomic E-state index is 12.6. The molecule has 0 unspecified atom stereocenters. The summed E-state index contributed by atoms with van der Waals surface area (Å²) in [6, 6.07) is 3.61. The van der Waals surface area contributed by atoms with E-state index >= 15 is 0 Å². The molecule has 1 aliphatic rings. The molecule has 1 fully saturated rings. The molecular formula is C17H21NO4S2. The van der Waals surface area contributed by atoms with Gasteiger partial charge in [0.05, 0.1) is 26.2 Å². The summed E-state index contributed by atoms with van der Waals surface area (Å²) in [6.45, 7) is 2.74. The Bertz CT molecular complexity index is 673. The number of thioether (sulfide) groups is 1. The molecule has 7 heteroatoms. The smallest absolute Gasteiger partial charge is 0.266 e. The van der Waals surface area contributed by atoms with Gasteiger partial charge >= 0.3 is 0 Å². The molecule has 1 aliphatic heterocycles.